The van der Waals surface area contributed by atoms with Gasteiger partial charge in [-0.3, -0.25) is 0 Å². The van der Waals surface area contributed by atoms with Crippen LogP contribution < -0.4 is 0 Å². The van der Waals surface area contributed by atoms with E-state index in [1.54, 1.807) is 0 Å². The molecule has 60 valence electrons. The highest BCUT2D eigenvalue weighted by molar-refractivity contribution is 4.89. The third-order valence-electron chi connectivity index (χ3n) is 1.60. The summed E-state index contributed by atoms with van der Waals surface area (Å²) in [4.78, 5) is 0. The molecule has 1 rings (SSSR count). The van der Waals surface area contributed by atoms with Crippen LogP contribution in [0.1, 0.15) is 6.42 Å². The van der Waals surface area contributed by atoms with Crippen LogP contribution in [0.2, 0.25) is 0 Å². The van der Waals surface area contributed by atoms with Gasteiger partial charge in [0.1, 0.15) is 12.2 Å². The van der Waals surface area contributed by atoms with Crippen LogP contribution in [0.25, 0.3) is 0 Å². The first-order valence-electron chi connectivity index (χ1n) is 3.35. The number of rotatable bonds is 4. The fraction of sp³-hybridized carbons (Fsp3) is 1.00. The van der Waals surface area contributed by atoms with E-state index in [4.69, 9.17) is 20.1 Å². The third kappa shape index (κ3) is 1.67. The molecule has 3 N–H and O–H groups in total. The maximum absolute atomic E-state index is 8.94. The smallest absolute Gasteiger partial charge is 0.112 e. The Balaban J connectivity index is 2.12. The summed E-state index contributed by atoms with van der Waals surface area (Å²) in [6, 6.07) is 0. The van der Waals surface area contributed by atoms with Gasteiger partial charge in [0.15, 0.2) is 0 Å². The fourth-order valence-corrected chi connectivity index (χ4v) is 0.958. The zero-order valence-electron chi connectivity index (χ0n) is 5.60. The Morgan fingerprint density at radius 2 is 2.10 bits per heavy atom. The van der Waals surface area contributed by atoms with E-state index in [9.17, 15) is 0 Å². The van der Waals surface area contributed by atoms with Crippen molar-refractivity contribution < 1.29 is 20.1 Å². The summed E-state index contributed by atoms with van der Waals surface area (Å²) in [6.07, 6.45) is -0.539. The van der Waals surface area contributed by atoms with Gasteiger partial charge in [-0.1, -0.05) is 0 Å². The minimum atomic E-state index is -0.781. The Labute approximate surface area is 59.1 Å². The maximum Gasteiger partial charge on any atom is 0.112 e. The van der Waals surface area contributed by atoms with Crippen molar-refractivity contribution in [1.82, 2.24) is 0 Å². The van der Waals surface area contributed by atoms with Crippen molar-refractivity contribution in [3.63, 3.8) is 0 Å². The van der Waals surface area contributed by atoms with Gasteiger partial charge in [0.2, 0.25) is 0 Å². The average Bonchev–Trinajstić information content (AvgIpc) is 2.67. The van der Waals surface area contributed by atoms with Crippen LogP contribution in [-0.2, 0) is 4.74 Å². The molecule has 4 nitrogen and oxygen atoms in total. The second kappa shape index (κ2) is 3.30. The van der Waals surface area contributed by atoms with E-state index >= 15 is 0 Å². The van der Waals surface area contributed by atoms with Crippen LogP contribution >= 0.6 is 0 Å². The molecule has 0 aromatic rings. The molecule has 0 bridgehead atoms. The third-order valence-corrected chi connectivity index (χ3v) is 1.60. The number of aliphatic hydroxyl groups excluding tert-OH is 3. The summed E-state index contributed by atoms with van der Waals surface area (Å²) in [7, 11) is 0. The van der Waals surface area contributed by atoms with Crippen molar-refractivity contribution in [3.8, 4) is 0 Å². The predicted molar refractivity (Wildman–Crippen MR) is 33.5 cm³/mol. The minimum Gasteiger partial charge on any atom is -0.396 e. The quantitative estimate of drug-likeness (QED) is 0.424. The van der Waals surface area contributed by atoms with Crippen LogP contribution in [0, 0.1) is 0 Å². The molecule has 1 aliphatic heterocycles. The summed E-state index contributed by atoms with van der Waals surface area (Å²) in [5.41, 5.74) is 0. The van der Waals surface area contributed by atoms with Crippen molar-refractivity contribution >= 4 is 0 Å². The van der Waals surface area contributed by atoms with Gasteiger partial charge >= 0.3 is 0 Å². The van der Waals surface area contributed by atoms with Gasteiger partial charge in [-0.05, 0) is 6.42 Å². The molecule has 3 unspecified atom stereocenters. The van der Waals surface area contributed by atoms with Crippen molar-refractivity contribution in [2.45, 2.75) is 24.7 Å². The largest absolute Gasteiger partial charge is 0.396 e. The molecule has 0 radical (unpaired) electrons. The second-order valence-corrected chi connectivity index (χ2v) is 2.40. The Morgan fingerprint density at radius 3 is 2.60 bits per heavy atom. The van der Waals surface area contributed by atoms with E-state index in [2.05, 4.69) is 0 Å². The van der Waals surface area contributed by atoms with Gasteiger partial charge in [-0.25, -0.2) is 0 Å². The molecule has 10 heavy (non-hydrogen) atoms. The number of hydrogen-bond donors (Lipinski definition) is 3. The Kier molecular flexibility index (Phi) is 2.62. The second-order valence-electron chi connectivity index (χ2n) is 2.40. The molecule has 0 aromatic heterocycles. The zero-order chi connectivity index (χ0) is 7.56. The van der Waals surface area contributed by atoms with Gasteiger partial charge in [0, 0.05) is 6.61 Å². The number of ether oxygens (including phenoxy) is 1. The zero-order valence-corrected chi connectivity index (χ0v) is 5.60. The van der Waals surface area contributed by atoms with Crippen molar-refractivity contribution in [3.05, 3.63) is 0 Å². The van der Waals surface area contributed by atoms with Crippen LogP contribution in [-0.4, -0.2) is 46.8 Å². The molecule has 0 aromatic carbocycles. The van der Waals surface area contributed by atoms with E-state index in [-0.39, 0.29) is 25.4 Å². The van der Waals surface area contributed by atoms with E-state index in [0.717, 1.165) is 0 Å². The summed E-state index contributed by atoms with van der Waals surface area (Å²) in [5, 5.41) is 25.8. The summed E-state index contributed by atoms with van der Waals surface area (Å²) in [5.74, 6) is 0. The lowest BCUT2D eigenvalue weighted by Crippen LogP contribution is -2.21. The molecule has 4 heteroatoms. The van der Waals surface area contributed by atoms with E-state index < -0.39 is 6.10 Å². The summed E-state index contributed by atoms with van der Waals surface area (Å²) < 4.78 is 4.94. The van der Waals surface area contributed by atoms with Gasteiger partial charge < -0.3 is 20.1 Å². The maximum atomic E-state index is 8.94. The number of aliphatic hydroxyl groups is 3. The van der Waals surface area contributed by atoms with Crippen LogP contribution in [0.5, 0.6) is 0 Å². The first kappa shape index (κ1) is 7.94. The molecule has 1 saturated heterocycles. The van der Waals surface area contributed by atoms with Gasteiger partial charge in [-0.2, -0.15) is 0 Å². The van der Waals surface area contributed by atoms with Gasteiger partial charge in [0.05, 0.1) is 12.7 Å². The lowest BCUT2D eigenvalue weighted by atomic mass is 10.2. The van der Waals surface area contributed by atoms with Crippen molar-refractivity contribution in [1.29, 1.82) is 0 Å². The normalized spacial score (nSPS) is 33.9. The van der Waals surface area contributed by atoms with Crippen LogP contribution in [0.15, 0.2) is 0 Å². The summed E-state index contributed by atoms with van der Waals surface area (Å²) in [6.45, 7) is -0.202. The molecular weight excluding hydrogens is 136 g/mol. The number of hydrogen-bond acceptors (Lipinski definition) is 4. The average molecular weight is 148 g/mol. The van der Waals surface area contributed by atoms with Gasteiger partial charge in [-0.15, -0.1) is 0 Å². The molecule has 1 fully saturated rings. The SMILES string of the molecule is OCCC1OC1C(O)CO. The van der Waals surface area contributed by atoms with Gasteiger partial charge in [0.25, 0.3) is 0 Å². The topological polar surface area (TPSA) is 73.2 Å². The first-order chi connectivity index (χ1) is 4.79. The molecule has 0 amide bonds. The molecular formula is C6H12O4. The lowest BCUT2D eigenvalue weighted by molar-refractivity contribution is 0.0706. The molecule has 0 aliphatic carbocycles. The first-order valence-corrected chi connectivity index (χ1v) is 3.35. The highest BCUT2D eigenvalue weighted by Gasteiger charge is 2.43. The molecule has 1 aliphatic rings. The Morgan fingerprint density at radius 1 is 1.40 bits per heavy atom. The van der Waals surface area contributed by atoms with Crippen LogP contribution in [0.4, 0.5) is 0 Å². The Bertz CT molecular complexity index is 106. The number of epoxide rings is 1. The molecule has 0 saturated carbocycles. The highest BCUT2D eigenvalue weighted by Crippen LogP contribution is 2.27. The van der Waals surface area contributed by atoms with Crippen molar-refractivity contribution in [2.24, 2.45) is 0 Å². The molecule has 3 atom stereocenters. The summed E-state index contributed by atoms with van der Waals surface area (Å²) >= 11 is 0. The predicted octanol–water partition coefficient (Wildman–Crippen LogP) is -1.51. The highest BCUT2D eigenvalue weighted by atomic mass is 16.6. The Hall–Kier alpha value is -0.160. The lowest BCUT2D eigenvalue weighted by Gasteiger charge is -1.99. The molecule has 0 spiro atoms. The van der Waals surface area contributed by atoms with Crippen LogP contribution in [0.3, 0.4) is 0 Å². The minimum absolute atomic E-state index is 0.0489. The van der Waals surface area contributed by atoms with E-state index in [1.807, 2.05) is 0 Å². The van der Waals surface area contributed by atoms with E-state index in [1.165, 1.54) is 0 Å². The fourth-order valence-electron chi connectivity index (χ4n) is 0.958. The monoisotopic (exact) mass is 148 g/mol. The van der Waals surface area contributed by atoms with Crippen molar-refractivity contribution in [2.75, 3.05) is 13.2 Å². The molecule has 1 heterocycles. The standard InChI is InChI=1S/C6H12O4/c7-2-1-5-6(10-5)4(9)3-8/h4-9H,1-3H2. The van der Waals surface area contributed by atoms with E-state index in [0.29, 0.717) is 6.42 Å².